The van der Waals surface area contributed by atoms with Crippen LogP contribution < -0.4 is 21.6 Å². The predicted molar refractivity (Wildman–Crippen MR) is 159 cm³/mol. The van der Waals surface area contributed by atoms with E-state index in [-0.39, 0.29) is 11.6 Å². The molecule has 0 amide bonds. The Kier molecular flexibility index (Phi) is 9.43. The summed E-state index contributed by atoms with van der Waals surface area (Å²) in [5, 5.41) is 22.4. The summed E-state index contributed by atoms with van der Waals surface area (Å²) in [6.07, 6.45) is 3.35. The molecule has 2 aromatic carbocycles. The average molecular weight is 565 g/mol. The Labute approximate surface area is 236 Å². The van der Waals surface area contributed by atoms with Crippen LogP contribution in [0, 0.1) is 6.92 Å². The molecule has 3 aromatic rings. The molecule has 1 aliphatic rings. The van der Waals surface area contributed by atoms with Crippen molar-refractivity contribution in [3.05, 3.63) is 105 Å². The number of aromatic nitrogens is 2. The Morgan fingerprint density at radius 3 is 2.23 bits per heavy atom. The average Bonchev–Trinajstić information content (AvgIpc) is 3.35. The summed E-state index contributed by atoms with van der Waals surface area (Å²) in [7, 11) is -3.00. The highest BCUT2D eigenvalue weighted by Gasteiger charge is 2.54. The van der Waals surface area contributed by atoms with Gasteiger partial charge in [-0.3, -0.25) is 14.3 Å². The van der Waals surface area contributed by atoms with Crippen LogP contribution in [0.2, 0.25) is 5.04 Å². The standard InChI is InChI=1S/C31H40N2O6Si/c1-22-21-33(30(37)32-29(22)36)27-20-26(28(38-27)25(35)18-12-7-13-19-34)39-40(31(2,3)4,23-14-8-5-9-15-23)24-16-10-6-11-17-24/h5-12,14-17,21,25-28,34-35H,13,18-20H2,1-4H3,(H,32,36,37)/b12-7+/t25-,26-,27+,28+/m0/s1. The first-order valence-corrected chi connectivity index (χ1v) is 15.7. The maximum atomic E-state index is 12.8. The molecule has 3 N–H and O–H groups in total. The highest BCUT2D eigenvalue weighted by molar-refractivity contribution is 6.99. The normalized spacial score (nSPS) is 20.7. The Morgan fingerprint density at radius 1 is 1.07 bits per heavy atom. The maximum absolute atomic E-state index is 12.8. The molecular weight excluding hydrogens is 524 g/mol. The number of rotatable bonds is 10. The number of benzene rings is 2. The molecule has 0 radical (unpaired) electrons. The van der Waals surface area contributed by atoms with Crippen LogP contribution in [0.5, 0.6) is 0 Å². The van der Waals surface area contributed by atoms with Gasteiger partial charge in [-0.2, -0.15) is 0 Å². The fourth-order valence-corrected chi connectivity index (χ4v) is 10.3. The first-order valence-electron chi connectivity index (χ1n) is 13.8. The minimum Gasteiger partial charge on any atom is -0.402 e. The van der Waals surface area contributed by atoms with Crippen molar-refractivity contribution >= 4 is 18.7 Å². The summed E-state index contributed by atoms with van der Waals surface area (Å²) in [6, 6.07) is 20.5. The largest absolute Gasteiger partial charge is 0.402 e. The molecule has 4 rings (SSSR count). The second-order valence-electron chi connectivity index (χ2n) is 11.4. The van der Waals surface area contributed by atoms with Crippen molar-refractivity contribution < 1.29 is 19.4 Å². The van der Waals surface area contributed by atoms with E-state index < -0.39 is 44.1 Å². The number of aliphatic hydroxyl groups is 2. The summed E-state index contributed by atoms with van der Waals surface area (Å²) in [4.78, 5) is 27.2. The molecule has 1 aliphatic heterocycles. The number of aryl methyl sites for hydroxylation is 1. The lowest BCUT2D eigenvalue weighted by Gasteiger charge is -2.45. The first-order chi connectivity index (χ1) is 19.1. The third-order valence-corrected chi connectivity index (χ3v) is 12.6. The topological polar surface area (TPSA) is 114 Å². The molecular formula is C31H40N2O6Si. The number of H-pyrrole nitrogens is 1. The SMILES string of the molecule is Cc1cn([C@H]2C[C@H](O[Si](c3ccccc3)(c3ccccc3)C(C)(C)C)[C@@H]([C@@H](O)C/C=C/CCO)O2)c(=O)[nH]c1=O. The first kappa shape index (κ1) is 29.9. The minimum atomic E-state index is -3.00. The number of aromatic amines is 1. The zero-order valence-electron chi connectivity index (χ0n) is 23.6. The van der Waals surface area contributed by atoms with Crippen molar-refractivity contribution in [1.29, 1.82) is 0 Å². The van der Waals surface area contributed by atoms with Crippen LogP contribution >= 0.6 is 0 Å². The van der Waals surface area contributed by atoms with Gasteiger partial charge in [0, 0.05) is 24.8 Å². The molecule has 0 unspecified atom stereocenters. The van der Waals surface area contributed by atoms with Crippen molar-refractivity contribution in [3.63, 3.8) is 0 Å². The van der Waals surface area contributed by atoms with Gasteiger partial charge in [-0.25, -0.2) is 4.79 Å². The lowest BCUT2D eigenvalue weighted by Crippen LogP contribution is -2.68. The van der Waals surface area contributed by atoms with E-state index in [0.29, 0.717) is 24.8 Å². The molecule has 0 saturated carbocycles. The van der Waals surface area contributed by atoms with Crippen LogP contribution in [0.3, 0.4) is 0 Å². The number of hydrogen-bond donors (Lipinski definition) is 3. The molecule has 40 heavy (non-hydrogen) atoms. The summed E-state index contributed by atoms with van der Waals surface area (Å²) in [5.41, 5.74) is -0.615. The molecule has 0 spiro atoms. The third kappa shape index (κ3) is 6.13. The van der Waals surface area contributed by atoms with Crippen molar-refractivity contribution in [2.45, 2.75) is 76.5 Å². The Bertz CT molecular complexity index is 1360. The number of ether oxygens (including phenoxy) is 1. The van der Waals surface area contributed by atoms with Crippen LogP contribution in [-0.4, -0.2) is 53.0 Å². The van der Waals surface area contributed by atoms with Crippen LogP contribution in [0.25, 0.3) is 0 Å². The monoisotopic (exact) mass is 564 g/mol. The van der Waals surface area contributed by atoms with Crippen molar-refractivity contribution in [3.8, 4) is 0 Å². The van der Waals surface area contributed by atoms with E-state index in [1.54, 1.807) is 6.92 Å². The minimum absolute atomic E-state index is 0.0304. The van der Waals surface area contributed by atoms with E-state index in [9.17, 15) is 14.7 Å². The van der Waals surface area contributed by atoms with Gasteiger partial charge >= 0.3 is 5.69 Å². The third-order valence-electron chi connectivity index (χ3n) is 7.53. The van der Waals surface area contributed by atoms with Crippen LogP contribution in [0.15, 0.2) is 88.6 Å². The zero-order valence-corrected chi connectivity index (χ0v) is 24.6. The molecule has 214 valence electrons. The fraction of sp³-hybridized carbons (Fsp3) is 0.419. The molecule has 9 heteroatoms. The highest BCUT2D eigenvalue weighted by Crippen LogP contribution is 2.41. The number of nitrogens with zero attached hydrogens (tertiary/aromatic N) is 1. The second-order valence-corrected chi connectivity index (χ2v) is 15.6. The zero-order chi connectivity index (χ0) is 28.9. The Morgan fingerprint density at radius 2 is 1.68 bits per heavy atom. The smallest absolute Gasteiger partial charge is 0.330 e. The van der Waals surface area contributed by atoms with Gasteiger partial charge in [0.2, 0.25) is 0 Å². The molecule has 1 saturated heterocycles. The van der Waals surface area contributed by atoms with Gasteiger partial charge in [0.15, 0.2) is 0 Å². The van der Waals surface area contributed by atoms with Gasteiger partial charge in [0.25, 0.3) is 13.9 Å². The number of hydrogen-bond acceptors (Lipinski definition) is 6. The summed E-state index contributed by atoms with van der Waals surface area (Å²) in [5.74, 6) is 0. The van der Waals surface area contributed by atoms with Crippen LogP contribution in [0.4, 0.5) is 0 Å². The van der Waals surface area contributed by atoms with Gasteiger partial charge < -0.3 is 19.4 Å². The molecule has 2 heterocycles. The van der Waals surface area contributed by atoms with E-state index >= 15 is 0 Å². The molecule has 0 aliphatic carbocycles. The molecule has 8 nitrogen and oxygen atoms in total. The van der Waals surface area contributed by atoms with Gasteiger partial charge in [-0.1, -0.05) is 93.6 Å². The summed E-state index contributed by atoms with van der Waals surface area (Å²) < 4.78 is 15.1. The van der Waals surface area contributed by atoms with Gasteiger partial charge in [0.1, 0.15) is 12.3 Å². The van der Waals surface area contributed by atoms with Crippen molar-refractivity contribution in [1.82, 2.24) is 9.55 Å². The molecule has 1 aromatic heterocycles. The van der Waals surface area contributed by atoms with Gasteiger partial charge in [0.05, 0.1) is 12.2 Å². The quantitative estimate of drug-likeness (QED) is 0.258. The van der Waals surface area contributed by atoms with E-state index in [1.807, 2.05) is 48.6 Å². The van der Waals surface area contributed by atoms with E-state index in [4.69, 9.17) is 14.3 Å². The lowest BCUT2D eigenvalue weighted by atomic mass is 10.0. The van der Waals surface area contributed by atoms with Crippen molar-refractivity contribution in [2.75, 3.05) is 6.61 Å². The second kappa shape index (κ2) is 12.6. The van der Waals surface area contributed by atoms with Gasteiger partial charge in [-0.05, 0) is 35.2 Å². The predicted octanol–water partition coefficient (Wildman–Crippen LogP) is 2.77. The number of aliphatic hydroxyl groups excluding tert-OH is 2. The van der Waals surface area contributed by atoms with Crippen molar-refractivity contribution in [2.24, 2.45) is 0 Å². The summed E-state index contributed by atoms with van der Waals surface area (Å²) in [6.45, 7) is 8.23. The van der Waals surface area contributed by atoms with E-state index in [2.05, 4.69) is 50.0 Å². The maximum Gasteiger partial charge on any atom is 0.330 e. The lowest BCUT2D eigenvalue weighted by molar-refractivity contribution is -0.0794. The molecule has 4 atom stereocenters. The summed E-state index contributed by atoms with van der Waals surface area (Å²) >= 11 is 0. The Hall–Kier alpha value is -3.08. The fourth-order valence-electron chi connectivity index (χ4n) is 5.57. The van der Waals surface area contributed by atoms with Crippen LogP contribution in [-0.2, 0) is 9.16 Å². The highest BCUT2D eigenvalue weighted by atomic mass is 28.4. The van der Waals surface area contributed by atoms with E-state index in [0.717, 1.165) is 10.4 Å². The molecule has 1 fully saturated rings. The van der Waals surface area contributed by atoms with E-state index in [1.165, 1.54) is 10.8 Å². The van der Waals surface area contributed by atoms with Gasteiger partial charge in [-0.15, -0.1) is 0 Å². The molecule has 0 bridgehead atoms. The Balaban J connectivity index is 1.81. The number of nitrogens with one attached hydrogen (secondary N) is 1. The van der Waals surface area contributed by atoms with Crippen LogP contribution in [0.1, 0.15) is 51.8 Å².